The molecule has 0 radical (unpaired) electrons. The molecule has 0 saturated carbocycles. The molecule has 0 amide bonds. The Balaban J connectivity index is 3.01. The Hall–Kier alpha value is -1.32. The smallest absolute Gasteiger partial charge is 0.303 e. The monoisotopic (exact) mass is 224 g/mol. The summed E-state index contributed by atoms with van der Waals surface area (Å²) in [6.45, 7) is 9.24. The van der Waals surface area contributed by atoms with Crippen LogP contribution >= 0.6 is 0 Å². The molecule has 0 spiro atoms. The van der Waals surface area contributed by atoms with Crippen LogP contribution in [0.3, 0.4) is 0 Å². The summed E-state index contributed by atoms with van der Waals surface area (Å²) in [5.74, 6) is -0.760. The van der Waals surface area contributed by atoms with Gasteiger partial charge in [0.15, 0.2) is 0 Å². The van der Waals surface area contributed by atoms with E-state index in [2.05, 4.69) is 25.9 Å². The summed E-state index contributed by atoms with van der Waals surface area (Å²) in [7, 11) is 0. The minimum atomic E-state index is -0.760. The first-order valence-corrected chi connectivity index (χ1v) is 5.63. The fourth-order valence-corrected chi connectivity index (χ4v) is 1.96. The van der Waals surface area contributed by atoms with Crippen LogP contribution < -0.4 is 0 Å². The van der Waals surface area contributed by atoms with Gasteiger partial charge in [-0.3, -0.25) is 9.48 Å². The van der Waals surface area contributed by atoms with E-state index in [1.54, 1.807) is 6.20 Å². The van der Waals surface area contributed by atoms with Gasteiger partial charge >= 0.3 is 5.97 Å². The lowest BCUT2D eigenvalue weighted by molar-refractivity contribution is -0.136. The molecule has 0 aromatic carbocycles. The number of rotatable bonds is 4. The third-order valence-corrected chi connectivity index (χ3v) is 2.53. The van der Waals surface area contributed by atoms with Crippen LogP contribution in [0.2, 0.25) is 0 Å². The summed E-state index contributed by atoms with van der Waals surface area (Å²) in [4.78, 5) is 10.6. The summed E-state index contributed by atoms with van der Waals surface area (Å²) < 4.78 is 1.96. The van der Waals surface area contributed by atoms with E-state index in [1.807, 2.05) is 11.6 Å². The molecule has 1 rings (SSSR count). The lowest BCUT2D eigenvalue weighted by Gasteiger charge is -2.22. The van der Waals surface area contributed by atoms with Crippen molar-refractivity contribution in [3.8, 4) is 0 Å². The van der Waals surface area contributed by atoms with Crippen molar-refractivity contribution in [2.45, 2.75) is 52.5 Å². The molecule has 4 heteroatoms. The Morgan fingerprint density at radius 2 is 2.12 bits per heavy atom. The molecule has 0 bridgehead atoms. The van der Waals surface area contributed by atoms with Crippen LogP contribution in [0.15, 0.2) is 6.20 Å². The SMILES string of the molecule is CCn1ncc(CCC(=O)O)c1C(C)(C)C. The molecule has 0 aliphatic heterocycles. The molecule has 90 valence electrons. The van der Waals surface area contributed by atoms with Crippen molar-refractivity contribution in [3.63, 3.8) is 0 Å². The van der Waals surface area contributed by atoms with E-state index in [0.717, 1.165) is 17.8 Å². The maximum absolute atomic E-state index is 10.6. The number of nitrogens with zero attached hydrogens (tertiary/aromatic N) is 2. The molecule has 4 nitrogen and oxygen atoms in total. The Morgan fingerprint density at radius 3 is 2.56 bits per heavy atom. The molecule has 0 atom stereocenters. The summed E-state index contributed by atoms with van der Waals surface area (Å²) in [5.41, 5.74) is 2.20. The van der Waals surface area contributed by atoms with Crippen LogP contribution in [0.5, 0.6) is 0 Å². The van der Waals surface area contributed by atoms with Gasteiger partial charge < -0.3 is 5.11 Å². The Bertz CT molecular complexity index is 375. The molecular weight excluding hydrogens is 204 g/mol. The number of carboxylic acid groups (broad SMARTS) is 1. The molecule has 0 fully saturated rings. The van der Waals surface area contributed by atoms with Gasteiger partial charge in [0.25, 0.3) is 0 Å². The van der Waals surface area contributed by atoms with E-state index in [9.17, 15) is 4.79 Å². The fraction of sp³-hybridized carbons (Fsp3) is 0.667. The molecule has 0 saturated heterocycles. The average Bonchev–Trinajstić information content (AvgIpc) is 2.56. The normalized spacial score (nSPS) is 11.8. The Morgan fingerprint density at radius 1 is 1.50 bits per heavy atom. The van der Waals surface area contributed by atoms with Gasteiger partial charge in [-0.2, -0.15) is 5.10 Å². The highest BCUT2D eigenvalue weighted by molar-refractivity contribution is 5.67. The van der Waals surface area contributed by atoms with Crippen molar-refractivity contribution in [2.24, 2.45) is 0 Å². The van der Waals surface area contributed by atoms with Crippen LogP contribution in [0.25, 0.3) is 0 Å². The molecular formula is C12H20N2O2. The van der Waals surface area contributed by atoms with Gasteiger partial charge in [0.2, 0.25) is 0 Å². The molecule has 0 aliphatic rings. The third kappa shape index (κ3) is 2.84. The molecule has 16 heavy (non-hydrogen) atoms. The largest absolute Gasteiger partial charge is 0.481 e. The molecule has 1 aromatic heterocycles. The second-order valence-corrected chi connectivity index (χ2v) is 4.98. The number of aryl methyl sites for hydroxylation is 2. The summed E-state index contributed by atoms with van der Waals surface area (Å²) >= 11 is 0. The van der Waals surface area contributed by atoms with Gasteiger partial charge in [0.05, 0.1) is 6.20 Å². The van der Waals surface area contributed by atoms with Crippen molar-refractivity contribution in [2.75, 3.05) is 0 Å². The summed E-state index contributed by atoms with van der Waals surface area (Å²) in [6, 6.07) is 0. The first-order chi connectivity index (χ1) is 7.36. The maximum Gasteiger partial charge on any atom is 0.303 e. The second-order valence-electron chi connectivity index (χ2n) is 4.98. The van der Waals surface area contributed by atoms with E-state index < -0.39 is 5.97 Å². The predicted molar refractivity (Wildman–Crippen MR) is 62.6 cm³/mol. The van der Waals surface area contributed by atoms with Gasteiger partial charge in [0.1, 0.15) is 0 Å². The predicted octanol–water partition coefficient (Wildman–Crippen LogP) is 2.22. The van der Waals surface area contributed by atoms with Crippen LogP contribution in [-0.4, -0.2) is 20.9 Å². The average molecular weight is 224 g/mol. The van der Waals surface area contributed by atoms with Crippen LogP contribution in [0, 0.1) is 0 Å². The standard InChI is InChI=1S/C12H20N2O2/c1-5-14-11(12(2,3)4)9(8-13-14)6-7-10(15)16/h8H,5-7H2,1-4H3,(H,15,16). The van der Waals surface area contributed by atoms with Gasteiger partial charge in [-0.25, -0.2) is 0 Å². The Kier molecular flexibility index (Phi) is 3.73. The van der Waals surface area contributed by atoms with E-state index in [1.165, 1.54) is 0 Å². The summed E-state index contributed by atoms with van der Waals surface area (Å²) in [5, 5.41) is 13.0. The fourth-order valence-electron chi connectivity index (χ4n) is 1.96. The van der Waals surface area contributed by atoms with Gasteiger partial charge in [-0.05, 0) is 18.9 Å². The number of carboxylic acids is 1. The lowest BCUT2D eigenvalue weighted by Crippen LogP contribution is -2.20. The topological polar surface area (TPSA) is 55.1 Å². The van der Waals surface area contributed by atoms with Crippen molar-refractivity contribution >= 4 is 5.97 Å². The number of aromatic nitrogens is 2. The minimum Gasteiger partial charge on any atom is -0.481 e. The molecule has 1 aromatic rings. The summed E-state index contributed by atoms with van der Waals surface area (Å²) in [6.07, 6.45) is 2.52. The number of aliphatic carboxylic acids is 1. The minimum absolute atomic E-state index is 0.000344. The highest BCUT2D eigenvalue weighted by atomic mass is 16.4. The quantitative estimate of drug-likeness (QED) is 0.853. The van der Waals surface area contributed by atoms with Crippen molar-refractivity contribution in [1.82, 2.24) is 9.78 Å². The van der Waals surface area contributed by atoms with Crippen molar-refractivity contribution in [3.05, 3.63) is 17.5 Å². The zero-order valence-corrected chi connectivity index (χ0v) is 10.4. The van der Waals surface area contributed by atoms with E-state index >= 15 is 0 Å². The second kappa shape index (κ2) is 4.68. The lowest BCUT2D eigenvalue weighted by atomic mass is 9.88. The van der Waals surface area contributed by atoms with E-state index in [4.69, 9.17) is 5.11 Å². The van der Waals surface area contributed by atoms with Crippen LogP contribution in [0.1, 0.15) is 45.4 Å². The van der Waals surface area contributed by atoms with Gasteiger partial charge in [0, 0.05) is 24.1 Å². The zero-order valence-electron chi connectivity index (χ0n) is 10.4. The van der Waals surface area contributed by atoms with Crippen molar-refractivity contribution < 1.29 is 9.90 Å². The molecule has 1 N–H and O–H groups in total. The van der Waals surface area contributed by atoms with Crippen molar-refractivity contribution in [1.29, 1.82) is 0 Å². The van der Waals surface area contributed by atoms with E-state index in [0.29, 0.717) is 6.42 Å². The highest BCUT2D eigenvalue weighted by Gasteiger charge is 2.23. The van der Waals surface area contributed by atoms with Crippen LogP contribution in [-0.2, 0) is 23.2 Å². The number of carbonyl (C=O) groups is 1. The van der Waals surface area contributed by atoms with E-state index in [-0.39, 0.29) is 11.8 Å². The zero-order chi connectivity index (χ0) is 12.3. The number of hydrogen-bond acceptors (Lipinski definition) is 2. The van der Waals surface area contributed by atoms with Gasteiger partial charge in [-0.15, -0.1) is 0 Å². The van der Waals surface area contributed by atoms with Crippen LogP contribution in [0.4, 0.5) is 0 Å². The Labute approximate surface area is 96.3 Å². The molecule has 0 aliphatic carbocycles. The molecule has 1 heterocycles. The first kappa shape index (κ1) is 12.7. The third-order valence-electron chi connectivity index (χ3n) is 2.53. The molecule has 0 unspecified atom stereocenters. The number of hydrogen-bond donors (Lipinski definition) is 1. The highest BCUT2D eigenvalue weighted by Crippen LogP contribution is 2.26. The first-order valence-electron chi connectivity index (χ1n) is 5.63. The van der Waals surface area contributed by atoms with Gasteiger partial charge in [-0.1, -0.05) is 20.8 Å². The maximum atomic E-state index is 10.6.